The van der Waals surface area contributed by atoms with Crippen molar-refractivity contribution in [1.29, 1.82) is 0 Å². The molecule has 1 amide bonds. The molecule has 1 aromatic rings. The van der Waals surface area contributed by atoms with Crippen molar-refractivity contribution in [1.82, 2.24) is 10.2 Å². The van der Waals surface area contributed by atoms with Gasteiger partial charge >= 0.3 is 6.18 Å². The van der Waals surface area contributed by atoms with Gasteiger partial charge in [-0.3, -0.25) is 10.1 Å². The standard InChI is InChI=1S/C7H7F3N4OS/c8-7(9,10)4-13-14-5(16-4)12-3(15)6(11)1-2-6/h1-2,11H2,(H,12,14,15). The Morgan fingerprint density at radius 2 is 2.06 bits per heavy atom. The number of anilines is 1. The molecule has 16 heavy (non-hydrogen) atoms. The summed E-state index contributed by atoms with van der Waals surface area (Å²) in [6.07, 6.45) is -3.48. The molecule has 1 saturated carbocycles. The Morgan fingerprint density at radius 3 is 2.50 bits per heavy atom. The normalized spacial score (nSPS) is 18.2. The molecule has 1 aromatic heterocycles. The fraction of sp³-hybridized carbons (Fsp3) is 0.571. The van der Waals surface area contributed by atoms with Gasteiger partial charge in [0.05, 0.1) is 5.54 Å². The van der Waals surface area contributed by atoms with E-state index in [4.69, 9.17) is 5.73 Å². The van der Waals surface area contributed by atoms with E-state index in [1.165, 1.54) is 0 Å². The smallest absolute Gasteiger partial charge is 0.317 e. The average molecular weight is 252 g/mol. The van der Waals surface area contributed by atoms with Crippen LogP contribution < -0.4 is 11.1 Å². The first kappa shape index (κ1) is 11.3. The van der Waals surface area contributed by atoms with Gasteiger partial charge in [-0.1, -0.05) is 11.3 Å². The minimum Gasteiger partial charge on any atom is -0.317 e. The van der Waals surface area contributed by atoms with Crippen molar-refractivity contribution < 1.29 is 18.0 Å². The molecule has 5 nitrogen and oxygen atoms in total. The van der Waals surface area contributed by atoms with Crippen LogP contribution in [0.5, 0.6) is 0 Å². The molecule has 0 saturated heterocycles. The summed E-state index contributed by atoms with van der Waals surface area (Å²) in [5, 5.41) is 7.09. The van der Waals surface area contributed by atoms with Crippen molar-refractivity contribution in [2.45, 2.75) is 24.6 Å². The second kappa shape index (κ2) is 3.39. The lowest BCUT2D eigenvalue weighted by atomic mass is 10.3. The molecule has 0 aliphatic heterocycles. The fourth-order valence-corrected chi connectivity index (χ4v) is 1.58. The quantitative estimate of drug-likeness (QED) is 0.822. The number of carbonyl (C=O) groups excluding carboxylic acids is 1. The van der Waals surface area contributed by atoms with Crippen LogP contribution in [0.15, 0.2) is 0 Å². The molecule has 0 spiro atoms. The van der Waals surface area contributed by atoms with Crippen LogP contribution in [-0.4, -0.2) is 21.6 Å². The van der Waals surface area contributed by atoms with Crippen molar-refractivity contribution in [2.75, 3.05) is 5.32 Å². The zero-order valence-corrected chi connectivity index (χ0v) is 8.65. The molecule has 1 aliphatic rings. The second-order valence-electron chi connectivity index (χ2n) is 3.52. The highest BCUT2D eigenvalue weighted by Crippen LogP contribution is 2.35. The number of alkyl halides is 3. The van der Waals surface area contributed by atoms with E-state index in [-0.39, 0.29) is 16.5 Å². The number of rotatable bonds is 2. The number of halogens is 3. The maximum absolute atomic E-state index is 12.2. The zero-order valence-electron chi connectivity index (χ0n) is 7.84. The summed E-state index contributed by atoms with van der Waals surface area (Å²) in [5.74, 6) is -0.516. The average Bonchev–Trinajstić information content (AvgIpc) is 2.75. The van der Waals surface area contributed by atoms with Crippen LogP contribution in [0.4, 0.5) is 18.3 Å². The first-order valence-corrected chi connectivity index (χ1v) is 5.14. The van der Waals surface area contributed by atoms with Gasteiger partial charge in [-0.25, -0.2) is 0 Å². The molecule has 9 heteroatoms. The fourth-order valence-electron chi connectivity index (χ4n) is 0.972. The number of aromatic nitrogens is 2. The molecule has 3 N–H and O–H groups in total. The highest BCUT2D eigenvalue weighted by molar-refractivity contribution is 7.15. The van der Waals surface area contributed by atoms with Gasteiger partial charge in [-0.05, 0) is 12.8 Å². The third-order valence-electron chi connectivity index (χ3n) is 2.13. The topological polar surface area (TPSA) is 80.9 Å². The van der Waals surface area contributed by atoms with E-state index in [9.17, 15) is 18.0 Å². The molecule has 2 rings (SSSR count). The van der Waals surface area contributed by atoms with Gasteiger partial charge in [-0.2, -0.15) is 13.2 Å². The van der Waals surface area contributed by atoms with Crippen LogP contribution >= 0.6 is 11.3 Å². The Bertz CT molecular complexity index is 426. The molecular formula is C7H7F3N4OS. The number of amides is 1. The maximum atomic E-state index is 12.2. The van der Waals surface area contributed by atoms with E-state index in [1.807, 2.05) is 0 Å². The van der Waals surface area contributed by atoms with Gasteiger partial charge in [0.2, 0.25) is 16.0 Å². The van der Waals surface area contributed by atoms with Crippen molar-refractivity contribution in [2.24, 2.45) is 5.73 Å². The van der Waals surface area contributed by atoms with E-state index < -0.39 is 22.6 Å². The molecule has 0 atom stereocenters. The molecule has 0 radical (unpaired) electrons. The summed E-state index contributed by atoms with van der Waals surface area (Å²) >= 11 is 0.277. The molecule has 1 heterocycles. The summed E-state index contributed by atoms with van der Waals surface area (Å²) in [4.78, 5) is 11.4. The van der Waals surface area contributed by atoms with Gasteiger partial charge in [0.15, 0.2) is 0 Å². The van der Waals surface area contributed by atoms with Gasteiger partial charge < -0.3 is 5.73 Å². The van der Waals surface area contributed by atoms with Crippen LogP contribution in [0.25, 0.3) is 0 Å². The summed E-state index contributed by atoms with van der Waals surface area (Å²) in [5.41, 5.74) is 4.61. The SMILES string of the molecule is NC1(C(=O)Nc2nnc(C(F)(F)F)s2)CC1. The Morgan fingerprint density at radius 1 is 1.44 bits per heavy atom. The van der Waals surface area contributed by atoms with Crippen LogP contribution in [0, 0.1) is 0 Å². The number of nitrogens with two attached hydrogens (primary N) is 1. The van der Waals surface area contributed by atoms with Gasteiger partial charge in [-0.15, -0.1) is 10.2 Å². The van der Waals surface area contributed by atoms with Crippen LogP contribution in [0.2, 0.25) is 0 Å². The largest absolute Gasteiger partial charge is 0.445 e. The third-order valence-corrected chi connectivity index (χ3v) is 3.01. The first-order chi connectivity index (χ1) is 7.31. The lowest BCUT2D eigenvalue weighted by Gasteiger charge is -2.06. The monoisotopic (exact) mass is 252 g/mol. The second-order valence-corrected chi connectivity index (χ2v) is 4.50. The Hall–Kier alpha value is -1.22. The predicted molar refractivity (Wildman–Crippen MR) is 49.7 cm³/mol. The summed E-state index contributed by atoms with van der Waals surface area (Å²) < 4.78 is 36.5. The third kappa shape index (κ3) is 2.14. The highest BCUT2D eigenvalue weighted by Gasteiger charge is 2.46. The lowest BCUT2D eigenvalue weighted by Crippen LogP contribution is -2.37. The molecule has 0 aromatic carbocycles. The Kier molecular flexibility index (Phi) is 2.39. The molecule has 1 fully saturated rings. The maximum Gasteiger partial charge on any atom is 0.445 e. The molecular weight excluding hydrogens is 245 g/mol. The molecule has 88 valence electrons. The Labute approximate surface area is 91.8 Å². The molecule has 0 unspecified atom stereocenters. The molecule has 0 bridgehead atoms. The predicted octanol–water partition coefficient (Wildman–Crippen LogP) is 0.987. The number of nitrogens with one attached hydrogen (secondary N) is 1. The van der Waals surface area contributed by atoms with Crippen molar-refractivity contribution in [3.8, 4) is 0 Å². The minimum atomic E-state index is -4.54. The van der Waals surface area contributed by atoms with E-state index in [0.29, 0.717) is 12.8 Å². The first-order valence-electron chi connectivity index (χ1n) is 4.32. The summed E-state index contributed by atoms with van der Waals surface area (Å²) in [7, 11) is 0. The molecule has 1 aliphatic carbocycles. The number of carbonyl (C=O) groups is 1. The van der Waals surface area contributed by atoms with Crippen molar-refractivity contribution in [3.63, 3.8) is 0 Å². The summed E-state index contributed by atoms with van der Waals surface area (Å²) in [6, 6.07) is 0. The Balaban J connectivity index is 2.06. The van der Waals surface area contributed by atoms with E-state index >= 15 is 0 Å². The van der Waals surface area contributed by atoms with Gasteiger partial charge in [0.25, 0.3) is 0 Å². The van der Waals surface area contributed by atoms with Crippen molar-refractivity contribution in [3.05, 3.63) is 5.01 Å². The van der Waals surface area contributed by atoms with Crippen LogP contribution in [0.3, 0.4) is 0 Å². The number of hydrogen-bond acceptors (Lipinski definition) is 5. The van der Waals surface area contributed by atoms with E-state index in [1.54, 1.807) is 0 Å². The minimum absolute atomic E-state index is 0.186. The summed E-state index contributed by atoms with van der Waals surface area (Å²) in [6.45, 7) is 0. The number of hydrogen-bond donors (Lipinski definition) is 2. The zero-order chi connectivity index (χ0) is 12.0. The van der Waals surface area contributed by atoms with Crippen LogP contribution in [-0.2, 0) is 11.0 Å². The van der Waals surface area contributed by atoms with Crippen LogP contribution in [0.1, 0.15) is 17.8 Å². The highest BCUT2D eigenvalue weighted by atomic mass is 32.1. The lowest BCUT2D eigenvalue weighted by molar-refractivity contribution is -0.138. The van der Waals surface area contributed by atoms with Crippen molar-refractivity contribution >= 4 is 22.4 Å². The van der Waals surface area contributed by atoms with E-state index in [2.05, 4.69) is 15.5 Å². The van der Waals surface area contributed by atoms with E-state index in [0.717, 1.165) is 0 Å². The van der Waals surface area contributed by atoms with Gasteiger partial charge in [0.1, 0.15) is 0 Å². The number of nitrogens with zero attached hydrogens (tertiary/aromatic N) is 2. The van der Waals surface area contributed by atoms with Gasteiger partial charge in [0, 0.05) is 0 Å².